The molecule has 1 aromatic rings. The van der Waals surface area contributed by atoms with Crippen molar-refractivity contribution in [3.8, 4) is 0 Å². The van der Waals surface area contributed by atoms with E-state index in [4.69, 9.17) is 16.9 Å². The monoisotopic (exact) mass is 199 g/mol. The minimum Gasteiger partial charge on any atom is -0.478 e. The van der Waals surface area contributed by atoms with Crippen LogP contribution in [-0.4, -0.2) is 17.0 Å². The molecule has 2 N–H and O–H groups in total. The molecular formula is C8H6ClNO3. The van der Waals surface area contributed by atoms with Crippen molar-refractivity contribution >= 4 is 23.7 Å². The summed E-state index contributed by atoms with van der Waals surface area (Å²) in [6.45, 7) is 0. The van der Waals surface area contributed by atoms with E-state index in [1.54, 1.807) is 0 Å². The smallest absolute Gasteiger partial charge is 0.335 e. The van der Waals surface area contributed by atoms with Crippen molar-refractivity contribution in [1.29, 1.82) is 0 Å². The first-order chi connectivity index (χ1) is 6.15. The van der Waals surface area contributed by atoms with Gasteiger partial charge in [0.15, 0.2) is 0 Å². The maximum atomic E-state index is 10.9. The minimum atomic E-state index is -1.03. The molecule has 0 saturated heterocycles. The molecule has 0 unspecified atom stereocenters. The van der Waals surface area contributed by atoms with Crippen LogP contribution in [0.5, 0.6) is 0 Å². The summed E-state index contributed by atoms with van der Waals surface area (Å²) in [4.78, 5) is 23.2. The van der Waals surface area contributed by atoms with Crippen LogP contribution in [0.2, 0.25) is 0 Å². The second kappa shape index (κ2) is 3.91. The van der Waals surface area contributed by atoms with Crippen LogP contribution < -0.4 is 4.84 Å². The van der Waals surface area contributed by atoms with E-state index >= 15 is 0 Å². The molecule has 0 atom stereocenters. The van der Waals surface area contributed by atoms with E-state index in [9.17, 15) is 9.59 Å². The van der Waals surface area contributed by atoms with Gasteiger partial charge in [-0.3, -0.25) is 9.63 Å². The molecule has 1 aromatic carbocycles. The third-order valence-electron chi connectivity index (χ3n) is 1.48. The van der Waals surface area contributed by atoms with Gasteiger partial charge in [0.05, 0.1) is 5.56 Å². The molecule has 0 aromatic heterocycles. The summed E-state index contributed by atoms with van der Waals surface area (Å²) in [6.07, 6.45) is 0. The number of hydrogen-bond acceptors (Lipinski definition) is 2. The molecule has 68 valence electrons. The Hall–Kier alpha value is -1.55. The molecule has 0 fully saturated rings. The van der Waals surface area contributed by atoms with Crippen molar-refractivity contribution in [2.45, 2.75) is 0 Å². The predicted molar refractivity (Wildman–Crippen MR) is 46.7 cm³/mol. The van der Waals surface area contributed by atoms with Gasteiger partial charge in [-0.2, -0.15) is 0 Å². The van der Waals surface area contributed by atoms with Crippen LogP contribution in [0.3, 0.4) is 0 Å². The van der Waals surface area contributed by atoms with Gasteiger partial charge in [-0.25, -0.2) is 4.79 Å². The number of benzene rings is 1. The summed E-state index contributed by atoms with van der Waals surface area (Å²) in [5.74, 6) is -1.49. The van der Waals surface area contributed by atoms with Crippen molar-refractivity contribution in [1.82, 2.24) is 4.84 Å². The fraction of sp³-hybridized carbons (Fsp3) is 0. The van der Waals surface area contributed by atoms with Crippen molar-refractivity contribution < 1.29 is 14.7 Å². The van der Waals surface area contributed by atoms with Gasteiger partial charge in [0.2, 0.25) is 0 Å². The average Bonchev–Trinajstić information content (AvgIpc) is 2.17. The normalized spacial score (nSPS) is 9.31. The lowest BCUT2D eigenvalue weighted by molar-refractivity contribution is 0.0696. The first-order valence-corrected chi connectivity index (χ1v) is 3.77. The summed E-state index contributed by atoms with van der Waals surface area (Å²) in [5.41, 5.74) is 0.450. The van der Waals surface area contributed by atoms with Crippen LogP contribution in [0, 0.1) is 0 Å². The van der Waals surface area contributed by atoms with E-state index in [0.29, 0.717) is 5.56 Å². The van der Waals surface area contributed by atoms with Crippen LogP contribution in [0.25, 0.3) is 0 Å². The van der Waals surface area contributed by atoms with E-state index in [1.807, 2.05) is 4.84 Å². The number of halogens is 1. The lowest BCUT2D eigenvalue weighted by Crippen LogP contribution is -2.12. The Morgan fingerprint density at radius 3 is 2.00 bits per heavy atom. The molecule has 1 amide bonds. The second-order valence-corrected chi connectivity index (χ2v) is 2.50. The van der Waals surface area contributed by atoms with Crippen LogP contribution >= 0.6 is 11.8 Å². The zero-order valence-corrected chi connectivity index (χ0v) is 7.21. The van der Waals surface area contributed by atoms with Gasteiger partial charge >= 0.3 is 5.97 Å². The molecule has 0 aliphatic heterocycles. The first-order valence-electron chi connectivity index (χ1n) is 3.39. The topological polar surface area (TPSA) is 66.4 Å². The fourth-order valence-corrected chi connectivity index (χ4v) is 0.928. The number of nitrogens with one attached hydrogen (secondary N) is 1. The Labute approximate surface area is 79.2 Å². The van der Waals surface area contributed by atoms with Crippen molar-refractivity contribution in [3.05, 3.63) is 35.4 Å². The van der Waals surface area contributed by atoms with Gasteiger partial charge in [-0.15, -0.1) is 0 Å². The van der Waals surface area contributed by atoms with E-state index in [-0.39, 0.29) is 5.56 Å². The van der Waals surface area contributed by atoms with E-state index < -0.39 is 11.9 Å². The van der Waals surface area contributed by atoms with E-state index in [1.165, 1.54) is 24.3 Å². The second-order valence-electron chi connectivity index (χ2n) is 2.31. The minimum absolute atomic E-state index is 0.131. The van der Waals surface area contributed by atoms with E-state index in [0.717, 1.165) is 0 Å². The van der Waals surface area contributed by atoms with Crippen LogP contribution in [-0.2, 0) is 0 Å². The molecular weight excluding hydrogens is 194 g/mol. The van der Waals surface area contributed by atoms with Gasteiger partial charge in [-0.05, 0) is 24.3 Å². The Morgan fingerprint density at radius 1 is 1.15 bits per heavy atom. The zero-order valence-electron chi connectivity index (χ0n) is 6.45. The lowest BCUT2D eigenvalue weighted by atomic mass is 10.1. The molecule has 4 nitrogen and oxygen atoms in total. The molecule has 13 heavy (non-hydrogen) atoms. The summed E-state index contributed by atoms with van der Waals surface area (Å²) in [6, 6.07) is 5.45. The summed E-state index contributed by atoms with van der Waals surface area (Å²) < 4.78 is 0. The number of rotatable bonds is 2. The van der Waals surface area contributed by atoms with Gasteiger partial charge < -0.3 is 5.11 Å². The van der Waals surface area contributed by atoms with Crippen LogP contribution in [0.1, 0.15) is 20.7 Å². The standard InChI is InChI=1S/C8H6ClNO3/c9-10-7(11)5-1-3-6(4-2-5)8(12)13/h1-4H,(H,10,11)(H,12,13). The Kier molecular flexibility index (Phi) is 2.87. The highest BCUT2D eigenvalue weighted by atomic mass is 35.5. The Bertz CT molecular complexity index is 334. The molecule has 0 spiro atoms. The highest BCUT2D eigenvalue weighted by molar-refractivity contribution is 6.24. The highest BCUT2D eigenvalue weighted by Crippen LogP contribution is 2.04. The van der Waals surface area contributed by atoms with Gasteiger partial charge in [0.25, 0.3) is 5.91 Å². The van der Waals surface area contributed by atoms with Gasteiger partial charge in [0.1, 0.15) is 0 Å². The molecule has 0 heterocycles. The number of amides is 1. The summed E-state index contributed by atoms with van der Waals surface area (Å²) in [7, 11) is 0. The molecule has 0 bridgehead atoms. The van der Waals surface area contributed by atoms with Crippen LogP contribution in [0.4, 0.5) is 0 Å². The lowest BCUT2D eigenvalue weighted by Gasteiger charge is -1.97. The molecule has 0 aliphatic rings. The van der Waals surface area contributed by atoms with Crippen molar-refractivity contribution in [2.24, 2.45) is 0 Å². The van der Waals surface area contributed by atoms with Gasteiger partial charge in [-0.1, -0.05) is 0 Å². The summed E-state index contributed by atoms with van der Waals surface area (Å²) in [5, 5.41) is 8.54. The Morgan fingerprint density at radius 2 is 1.62 bits per heavy atom. The predicted octanol–water partition coefficient (Wildman–Crippen LogP) is 1.27. The van der Waals surface area contributed by atoms with Gasteiger partial charge in [0, 0.05) is 17.3 Å². The summed E-state index contributed by atoms with van der Waals surface area (Å²) >= 11 is 5.07. The number of carbonyl (C=O) groups is 2. The SMILES string of the molecule is O=C(O)c1ccc(C(=O)NCl)cc1. The molecule has 0 aliphatic carbocycles. The number of aromatic carboxylic acids is 1. The fourth-order valence-electron chi connectivity index (χ4n) is 0.819. The first kappa shape index (κ1) is 9.54. The largest absolute Gasteiger partial charge is 0.478 e. The average molecular weight is 200 g/mol. The third-order valence-corrected chi connectivity index (χ3v) is 1.65. The molecule has 0 radical (unpaired) electrons. The number of carboxylic acids is 1. The van der Waals surface area contributed by atoms with Crippen LogP contribution in [0.15, 0.2) is 24.3 Å². The number of carboxylic acid groups (broad SMARTS) is 1. The van der Waals surface area contributed by atoms with Crippen molar-refractivity contribution in [2.75, 3.05) is 0 Å². The number of carbonyl (C=O) groups excluding carboxylic acids is 1. The number of hydrogen-bond donors (Lipinski definition) is 2. The maximum absolute atomic E-state index is 10.9. The van der Waals surface area contributed by atoms with E-state index in [2.05, 4.69) is 0 Å². The molecule has 1 rings (SSSR count). The third kappa shape index (κ3) is 2.19. The molecule has 0 saturated carbocycles. The zero-order chi connectivity index (χ0) is 9.84. The quantitative estimate of drug-likeness (QED) is 0.705. The maximum Gasteiger partial charge on any atom is 0.335 e. The molecule has 5 heteroatoms. The van der Waals surface area contributed by atoms with Crippen molar-refractivity contribution in [3.63, 3.8) is 0 Å². The Balaban J connectivity index is 2.93. The highest BCUT2D eigenvalue weighted by Gasteiger charge is 2.05.